The van der Waals surface area contributed by atoms with Gasteiger partial charge in [-0.05, 0) is 58.4 Å². The van der Waals surface area contributed by atoms with Crippen molar-refractivity contribution in [3.8, 4) is 0 Å². The van der Waals surface area contributed by atoms with Gasteiger partial charge in [0, 0.05) is 17.3 Å². The van der Waals surface area contributed by atoms with E-state index in [9.17, 15) is 0 Å². The van der Waals surface area contributed by atoms with Crippen LogP contribution in [-0.2, 0) is 5.41 Å². The molecule has 3 aromatic rings. The van der Waals surface area contributed by atoms with Gasteiger partial charge in [0.25, 0.3) is 0 Å². The van der Waals surface area contributed by atoms with Crippen LogP contribution in [0.3, 0.4) is 0 Å². The molecule has 0 amide bonds. The molecule has 0 fully saturated rings. The van der Waals surface area contributed by atoms with Crippen LogP contribution in [0.15, 0.2) is 60.7 Å². The summed E-state index contributed by atoms with van der Waals surface area (Å²) in [6, 6.07) is 22.9. The predicted molar refractivity (Wildman–Crippen MR) is 93.3 cm³/mol. The minimum atomic E-state index is 0.228. The Balaban J connectivity index is 1.79. The van der Waals surface area contributed by atoms with Gasteiger partial charge < -0.3 is 0 Å². The molecule has 0 saturated heterocycles. The quantitative estimate of drug-likeness (QED) is 0.535. The summed E-state index contributed by atoms with van der Waals surface area (Å²) in [5, 5.41) is 0. The zero-order valence-corrected chi connectivity index (χ0v) is 13.4. The smallest absolute Gasteiger partial charge is 0.0429 e. The van der Waals surface area contributed by atoms with E-state index in [2.05, 4.69) is 74.5 Å². The van der Waals surface area contributed by atoms with Gasteiger partial charge in [0.2, 0.25) is 0 Å². The number of aryl methyl sites for hydroxylation is 2. The molecule has 0 saturated carbocycles. The molecule has 0 radical (unpaired) electrons. The van der Waals surface area contributed by atoms with E-state index < -0.39 is 0 Å². The van der Waals surface area contributed by atoms with Crippen molar-refractivity contribution in [1.82, 2.24) is 0 Å². The van der Waals surface area contributed by atoms with Crippen LogP contribution in [0.4, 0.5) is 0 Å². The van der Waals surface area contributed by atoms with Gasteiger partial charge in [0.1, 0.15) is 0 Å². The van der Waals surface area contributed by atoms with E-state index in [1.165, 1.54) is 11.1 Å². The van der Waals surface area contributed by atoms with Gasteiger partial charge in [-0.25, -0.2) is 0 Å². The average molecular weight is 294 g/mol. The summed E-state index contributed by atoms with van der Waals surface area (Å²) in [6.45, 7) is 4.58. The zero-order valence-electron chi connectivity index (χ0n) is 13.4. The van der Waals surface area contributed by atoms with Crippen molar-refractivity contribution in [2.45, 2.75) is 31.1 Å². The molecule has 6 rings (SSSR count). The van der Waals surface area contributed by atoms with Gasteiger partial charge in [0.15, 0.2) is 0 Å². The van der Waals surface area contributed by atoms with E-state index in [-0.39, 0.29) is 5.41 Å². The molecule has 0 N–H and O–H groups in total. The first-order valence-electron chi connectivity index (χ1n) is 8.55. The molecule has 3 aromatic carbocycles. The monoisotopic (exact) mass is 294 g/mol. The fourth-order valence-corrected chi connectivity index (χ4v) is 5.95. The molecule has 0 heterocycles. The first-order valence-corrected chi connectivity index (χ1v) is 8.55. The standard InChI is InChI=1S/C23H18/c1-13-11-12-14(2)20-19(13)22-16-8-4-3-7-15(16)21-17-9-5-6-10-18(17)23(20,21)22/h3-12,21-22H,1-2H3. The minimum Gasteiger partial charge on any atom is -0.0620 e. The number of fused-ring (bicyclic) bond motifs is 7. The molecule has 0 aliphatic heterocycles. The number of hydrogen-bond acceptors (Lipinski definition) is 0. The maximum absolute atomic E-state index is 2.37. The van der Waals surface area contributed by atoms with Crippen LogP contribution in [0.2, 0.25) is 0 Å². The molecule has 1 spiro atoms. The van der Waals surface area contributed by atoms with Crippen LogP contribution in [0.5, 0.6) is 0 Å². The van der Waals surface area contributed by atoms with Crippen molar-refractivity contribution in [1.29, 1.82) is 0 Å². The van der Waals surface area contributed by atoms with Crippen LogP contribution >= 0.6 is 0 Å². The Bertz CT molecular complexity index is 1000. The van der Waals surface area contributed by atoms with Crippen molar-refractivity contribution in [3.05, 3.63) is 105 Å². The third kappa shape index (κ3) is 1.04. The Labute approximate surface area is 136 Å². The summed E-state index contributed by atoms with van der Waals surface area (Å²) < 4.78 is 0. The molecule has 3 aliphatic carbocycles. The Hall–Kier alpha value is -2.34. The van der Waals surface area contributed by atoms with Gasteiger partial charge in [0.05, 0.1) is 0 Å². The largest absolute Gasteiger partial charge is 0.0620 e. The zero-order chi connectivity index (χ0) is 15.3. The maximum atomic E-state index is 2.37. The third-order valence-corrected chi connectivity index (χ3v) is 6.62. The third-order valence-electron chi connectivity index (χ3n) is 6.62. The fraction of sp³-hybridized carbons (Fsp3) is 0.217. The second kappa shape index (κ2) is 3.59. The van der Waals surface area contributed by atoms with E-state index in [4.69, 9.17) is 0 Å². The molecule has 23 heavy (non-hydrogen) atoms. The van der Waals surface area contributed by atoms with E-state index >= 15 is 0 Å². The highest BCUT2D eigenvalue weighted by molar-refractivity contribution is 5.80. The van der Waals surface area contributed by atoms with Crippen molar-refractivity contribution < 1.29 is 0 Å². The number of hydrogen-bond donors (Lipinski definition) is 0. The Kier molecular flexibility index (Phi) is 1.89. The van der Waals surface area contributed by atoms with E-state index in [0.717, 1.165) is 0 Å². The lowest BCUT2D eigenvalue weighted by atomic mass is 9.42. The lowest BCUT2D eigenvalue weighted by Crippen LogP contribution is -2.53. The van der Waals surface area contributed by atoms with Crippen LogP contribution in [0.25, 0.3) is 0 Å². The van der Waals surface area contributed by atoms with Gasteiger partial charge in [-0.15, -0.1) is 0 Å². The van der Waals surface area contributed by atoms with Crippen molar-refractivity contribution in [3.63, 3.8) is 0 Å². The molecule has 0 bridgehead atoms. The van der Waals surface area contributed by atoms with Crippen molar-refractivity contribution in [2.24, 2.45) is 0 Å². The fourth-order valence-electron chi connectivity index (χ4n) is 5.95. The van der Waals surface area contributed by atoms with Crippen LogP contribution in [0, 0.1) is 13.8 Å². The van der Waals surface area contributed by atoms with Gasteiger partial charge >= 0.3 is 0 Å². The molecule has 3 unspecified atom stereocenters. The Morgan fingerprint density at radius 1 is 0.652 bits per heavy atom. The number of benzene rings is 3. The Morgan fingerprint density at radius 2 is 1.26 bits per heavy atom. The molecular formula is C23H18. The highest BCUT2D eigenvalue weighted by Crippen LogP contribution is 2.77. The molecule has 0 heteroatoms. The molecule has 0 aromatic heterocycles. The minimum absolute atomic E-state index is 0.228. The Morgan fingerprint density at radius 3 is 2.04 bits per heavy atom. The predicted octanol–water partition coefficient (Wildman–Crippen LogP) is 5.19. The summed E-state index contributed by atoms with van der Waals surface area (Å²) >= 11 is 0. The first-order chi connectivity index (χ1) is 11.3. The topological polar surface area (TPSA) is 0 Å². The van der Waals surface area contributed by atoms with Gasteiger partial charge in [-0.1, -0.05) is 60.7 Å². The van der Waals surface area contributed by atoms with E-state index in [1.807, 2.05) is 0 Å². The lowest BCUT2D eigenvalue weighted by molar-refractivity contribution is 0.329. The highest BCUT2D eigenvalue weighted by atomic mass is 14.7. The van der Waals surface area contributed by atoms with E-state index in [1.54, 1.807) is 33.4 Å². The van der Waals surface area contributed by atoms with Crippen molar-refractivity contribution in [2.75, 3.05) is 0 Å². The summed E-state index contributed by atoms with van der Waals surface area (Å²) in [7, 11) is 0. The highest BCUT2D eigenvalue weighted by Gasteiger charge is 2.69. The number of rotatable bonds is 0. The summed E-state index contributed by atoms with van der Waals surface area (Å²) in [6.07, 6.45) is 0. The maximum Gasteiger partial charge on any atom is 0.0429 e. The van der Waals surface area contributed by atoms with Crippen LogP contribution < -0.4 is 0 Å². The summed E-state index contributed by atoms with van der Waals surface area (Å²) in [5.41, 5.74) is 12.6. The van der Waals surface area contributed by atoms with Gasteiger partial charge in [-0.3, -0.25) is 0 Å². The van der Waals surface area contributed by atoms with E-state index in [0.29, 0.717) is 11.8 Å². The molecule has 3 aliphatic rings. The normalized spacial score (nSPS) is 27.7. The SMILES string of the molecule is Cc1ccc(C)c2c1C1c3ccccc3C3c4ccccc4C231. The average Bonchev–Trinajstić information content (AvgIpc) is 2.73. The molecule has 0 nitrogen and oxygen atoms in total. The van der Waals surface area contributed by atoms with Gasteiger partial charge in [-0.2, -0.15) is 0 Å². The molecule has 110 valence electrons. The molecule has 3 atom stereocenters. The second-order valence-corrected chi connectivity index (χ2v) is 7.44. The summed E-state index contributed by atoms with van der Waals surface area (Å²) in [5.74, 6) is 1.13. The van der Waals surface area contributed by atoms with Crippen molar-refractivity contribution >= 4 is 0 Å². The second-order valence-electron chi connectivity index (χ2n) is 7.44. The summed E-state index contributed by atoms with van der Waals surface area (Å²) in [4.78, 5) is 0. The van der Waals surface area contributed by atoms with Crippen LogP contribution in [-0.4, -0.2) is 0 Å². The first kappa shape index (κ1) is 12.1. The van der Waals surface area contributed by atoms with Crippen LogP contribution in [0.1, 0.15) is 56.3 Å². The lowest BCUT2D eigenvalue weighted by Gasteiger charge is -2.59. The molecular weight excluding hydrogens is 276 g/mol.